The number of fused-ring (bicyclic) bond motifs is 1. The lowest BCUT2D eigenvalue weighted by Gasteiger charge is -2.17. The van der Waals surface area contributed by atoms with Gasteiger partial charge in [-0.2, -0.15) is 0 Å². The molecule has 0 aliphatic carbocycles. The van der Waals surface area contributed by atoms with E-state index in [1.807, 2.05) is 34.2 Å². The molecule has 0 aliphatic rings. The Morgan fingerprint density at radius 3 is 2.91 bits per heavy atom. The third-order valence-corrected chi connectivity index (χ3v) is 4.80. The summed E-state index contributed by atoms with van der Waals surface area (Å²) >= 11 is 7.77. The van der Waals surface area contributed by atoms with Crippen molar-refractivity contribution >= 4 is 27.9 Å². The average molecular weight is 336 g/mol. The van der Waals surface area contributed by atoms with E-state index in [0.717, 1.165) is 23.6 Å². The Kier molecular flexibility index (Phi) is 5.10. The summed E-state index contributed by atoms with van der Waals surface area (Å²) < 4.78 is 2.02. The van der Waals surface area contributed by atoms with Crippen LogP contribution in [0.3, 0.4) is 0 Å². The summed E-state index contributed by atoms with van der Waals surface area (Å²) in [6.07, 6.45) is 2.73. The van der Waals surface area contributed by atoms with Gasteiger partial charge >= 0.3 is 0 Å². The summed E-state index contributed by atoms with van der Waals surface area (Å²) in [6, 6.07) is 10.3. The van der Waals surface area contributed by atoms with Crippen molar-refractivity contribution in [3.05, 3.63) is 58.3 Å². The minimum absolute atomic E-state index is 0.184. The zero-order valence-corrected chi connectivity index (χ0v) is 13.6. The molecule has 0 aliphatic heterocycles. The normalized spacial score (nSPS) is 12.8. The third kappa shape index (κ3) is 3.33. The van der Waals surface area contributed by atoms with E-state index in [1.165, 1.54) is 5.56 Å². The van der Waals surface area contributed by atoms with Gasteiger partial charge in [0.25, 0.3) is 0 Å². The number of aliphatic hydroxyl groups is 1. The van der Waals surface area contributed by atoms with Gasteiger partial charge in [-0.15, -0.1) is 11.3 Å². The third-order valence-electron chi connectivity index (χ3n) is 3.74. The molecule has 0 saturated heterocycles. The van der Waals surface area contributed by atoms with Crippen molar-refractivity contribution in [1.29, 1.82) is 0 Å². The first-order valence-electron chi connectivity index (χ1n) is 7.26. The number of nitrogens with zero attached hydrogens (tertiary/aromatic N) is 2. The van der Waals surface area contributed by atoms with Crippen molar-refractivity contribution in [1.82, 2.24) is 14.7 Å². The summed E-state index contributed by atoms with van der Waals surface area (Å²) in [5.74, 6) is 0.288. The largest absolute Gasteiger partial charge is 0.396 e. The first-order chi connectivity index (χ1) is 10.8. The van der Waals surface area contributed by atoms with Gasteiger partial charge < -0.3 is 10.4 Å². The van der Waals surface area contributed by atoms with E-state index in [2.05, 4.69) is 22.4 Å². The minimum atomic E-state index is 0.184. The molecular weight excluding hydrogens is 318 g/mol. The first-order valence-corrected chi connectivity index (χ1v) is 8.52. The van der Waals surface area contributed by atoms with Gasteiger partial charge in [0.05, 0.1) is 5.69 Å². The van der Waals surface area contributed by atoms with Crippen LogP contribution >= 0.6 is 22.9 Å². The number of halogens is 1. The van der Waals surface area contributed by atoms with Gasteiger partial charge in [0.2, 0.25) is 0 Å². The predicted molar refractivity (Wildman–Crippen MR) is 90.7 cm³/mol. The fourth-order valence-electron chi connectivity index (χ4n) is 2.60. The molecule has 22 heavy (non-hydrogen) atoms. The Balaban J connectivity index is 1.65. The number of hydrogen-bond donors (Lipinski definition) is 2. The van der Waals surface area contributed by atoms with Crippen molar-refractivity contribution in [2.75, 3.05) is 13.2 Å². The number of benzene rings is 1. The number of rotatable bonds is 7. The zero-order chi connectivity index (χ0) is 15.4. The van der Waals surface area contributed by atoms with Crippen LogP contribution in [0.25, 0.3) is 4.96 Å². The molecule has 1 unspecified atom stereocenters. The van der Waals surface area contributed by atoms with Crippen LogP contribution in [0.5, 0.6) is 0 Å². The highest BCUT2D eigenvalue weighted by Gasteiger charge is 2.13. The molecule has 3 aromatic rings. The van der Waals surface area contributed by atoms with Gasteiger partial charge in [-0.25, -0.2) is 4.98 Å². The molecule has 2 heterocycles. The molecule has 4 nitrogen and oxygen atoms in total. The summed E-state index contributed by atoms with van der Waals surface area (Å²) in [5.41, 5.74) is 2.22. The summed E-state index contributed by atoms with van der Waals surface area (Å²) in [7, 11) is 0. The van der Waals surface area contributed by atoms with Crippen molar-refractivity contribution < 1.29 is 5.11 Å². The van der Waals surface area contributed by atoms with Crippen LogP contribution in [0.1, 0.15) is 23.6 Å². The van der Waals surface area contributed by atoms with Crippen LogP contribution in [0.2, 0.25) is 5.15 Å². The maximum absolute atomic E-state index is 9.28. The van der Waals surface area contributed by atoms with Crippen molar-refractivity contribution in [3.63, 3.8) is 0 Å². The fourth-order valence-corrected chi connectivity index (χ4v) is 3.62. The maximum atomic E-state index is 9.28. The van der Waals surface area contributed by atoms with Crippen molar-refractivity contribution in [3.8, 4) is 0 Å². The first kappa shape index (κ1) is 15.5. The van der Waals surface area contributed by atoms with Gasteiger partial charge in [0.15, 0.2) is 10.1 Å². The Bertz CT molecular complexity index is 725. The molecule has 0 radical (unpaired) electrons. The van der Waals surface area contributed by atoms with Gasteiger partial charge in [-0.1, -0.05) is 41.9 Å². The van der Waals surface area contributed by atoms with Gasteiger partial charge in [-0.3, -0.25) is 4.40 Å². The standard InChI is InChI=1S/C16H18ClN3OS/c17-15-14(20-7-9-22-16(20)19-15)11-18-10-13(6-8-21)12-4-2-1-3-5-12/h1-5,7,9,13,18,21H,6,8,10-11H2. The predicted octanol–water partition coefficient (Wildman–Crippen LogP) is 3.31. The number of thiazole rings is 1. The van der Waals surface area contributed by atoms with Gasteiger partial charge in [-0.05, 0) is 17.9 Å². The van der Waals surface area contributed by atoms with Crippen LogP contribution in [0.15, 0.2) is 41.9 Å². The van der Waals surface area contributed by atoms with E-state index < -0.39 is 0 Å². The molecule has 0 amide bonds. The lowest BCUT2D eigenvalue weighted by Crippen LogP contribution is -2.22. The molecular formula is C16H18ClN3OS. The Labute approximate surface area is 138 Å². The highest BCUT2D eigenvalue weighted by atomic mass is 35.5. The van der Waals surface area contributed by atoms with Crippen molar-refractivity contribution in [2.24, 2.45) is 0 Å². The van der Waals surface area contributed by atoms with Crippen LogP contribution in [-0.4, -0.2) is 27.6 Å². The van der Waals surface area contributed by atoms with Crippen LogP contribution in [0, 0.1) is 0 Å². The lowest BCUT2D eigenvalue weighted by atomic mass is 9.96. The number of aliphatic hydroxyl groups excluding tert-OH is 1. The maximum Gasteiger partial charge on any atom is 0.195 e. The topological polar surface area (TPSA) is 49.6 Å². The van der Waals surface area contributed by atoms with Gasteiger partial charge in [0, 0.05) is 31.3 Å². The summed E-state index contributed by atoms with van der Waals surface area (Å²) in [4.78, 5) is 5.25. The molecule has 6 heteroatoms. The highest BCUT2D eigenvalue weighted by molar-refractivity contribution is 7.15. The molecule has 1 aromatic carbocycles. The van der Waals surface area contributed by atoms with E-state index >= 15 is 0 Å². The number of hydrogen-bond acceptors (Lipinski definition) is 4. The molecule has 2 aromatic heterocycles. The van der Waals surface area contributed by atoms with Crippen LogP contribution in [-0.2, 0) is 6.54 Å². The van der Waals surface area contributed by atoms with E-state index in [1.54, 1.807) is 11.3 Å². The Morgan fingerprint density at radius 2 is 2.14 bits per heavy atom. The smallest absolute Gasteiger partial charge is 0.195 e. The Morgan fingerprint density at radius 1 is 1.32 bits per heavy atom. The molecule has 1 atom stereocenters. The van der Waals surface area contributed by atoms with Gasteiger partial charge in [0.1, 0.15) is 0 Å². The van der Waals surface area contributed by atoms with E-state index in [-0.39, 0.29) is 12.5 Å². The molecule has 0 spiro atoms. The Hall–Kier alpha value is -1.40. The summed E-state index contributed by atoms with van der Waals surface area (Å²) in [6.45, 7) is 1.63. The van der Waals surface area contributed by atoms with Crippen molar-refractivity contribution in [2.45, 2.75) is 18.9 Å². The highest BCUT2D eigenvalue weighted by Crippen LogP contribution is 2.22. The second-order valence-electron chi connectivity index (χ2n) is 5.16. The molecule has 3 rings (SSSR count). The minimum Gasteiger partial charge on any atom is -0.396 e. The summed E-state index contributed by atoms with van der Waals surface area (Å²) in [5, 5.41) is 15.3. The SMILES string of the molecule is OCCC(CNCc1c(Cl)nc2sccn12)c1ccccc1. The van der Waals surface area contributed by atoms with E-state index in [0.29, 0.717) is 11.7 Å². The molecule has 0 bridgehead atoms. The lowest BCUT2D eigenvalue weighted by molar-refractivity contribution is 0.273. The zero-order valence-electron chi connectivity index (χ0n) is 12.1. The molecule has 0 saturated carbocycles. The van der Waals surface area contributed by atoms with E-state index in [4.69, 9.17) is 11.6 Å². The second-order valence-corrected chi connectivity index (χ2v) is 6.39. The van der Waals surface area contributed by atoms with Crippen LogP contribution < -0.4 is 5.32 Å². The average Bonchev–Trinajstić information content (AvgIpc) is 3.09. The second kappa shape index (κ2) is 7.24. The monoisotopic (exact) mass is 335 g/mol. The number of nitrogens with one attached hydrogen (secondary N) is 1. The van der Waals surface area contributed by atoms with Crippen LogP contribution in [0.4, 0.5) is 0 Å². The fraction of sp³-hybridized carbons (Fsp3) is 0.312. The van der Waals surface area contributed by atoms with E-state index in [9.17, 15) is 5.11 Å². The number of imidazole rings is 1. The molecule has 0 fully saturated rings. The quantitative estimate of drug-likeness (QED) is 0.696. The molecule has 116 valence electrons. The number of aromatic nitrogens is 2. The molecule has 2 N–H and O–H groups in total.